The van der Waals surface area contributed by atoms with Crippen LogP contribution in [0.5, 0.6) is 11.5 Å². The number of nitrogens with zero attached hydrogens (tertiary/aromatic N) is 2. The minimum Gasteiger partial charge on any atom is -0.493 e. The number of rotatable bonds is 7. The zero-order valence-corrected chi connectivity index (χ0v) is 17.5. The van der Waals surface area contributed by atoms with Gasteiger partial charge in [-0.15, -0.1) is 11.3 Å². The number of benzene rings is 1. The molecule has 0 bridgehead atoms. The number of thiazole rings is 1. The Morgan fingerprint density at radius 1 is 1.27 bits per heavy atom. The van der Waals surface area contributed by atoms with E-state index in [9.17, 15) is 14.4 Å². The fraction of sp³-hybridized carbons (Fsp3) is 0.400. The van der Waals surface area contributed by atoms with Gasteiger partial charge in [-0.1, -0.05) is 6.07 Å². The molecule has 30 heavy (non-hydrogen) atoms. The topological polar surface area (TPSA) is 110 Å². The summed E-state index contributed by atoms with van der Waals surface area (Å²) in [5, 5.41) is 5.87. The molecule has 10 heteroatoms. The number of nitrogens with one attached hydrogen (secondary N) is 2. The Kier molecular flexibility index (Phi) is 5.58. The molecule has 4 amide bonds. The third-order valence-corrected chi connectivity index (χ3v) is 6.20. The van der Waals surface area contributed by atoms with E-state index >= 15 is 0 Å². The first-order valence-corrected chi connectivity index (χ1v) is 10.4. The summed E-state index contributed by atoms with van der Waals surface area (Å²) in [6.07, 6.45) is 2.88. The Balaban J connectivity index is 1.38. The zero-order valence-electron chi connectivity index (χ0n) is 16.7. The van der Waals surface area contributed by atoms with Gasteiger partial charge in [-0.05, 0) is 37.0 Å². The average molecular weight is 430 g/mol. The molecule has 0 spiro atoms. The lowest BCUT2D eigenvalue weighted by atomic mass is 10.1. The first kappa shape index (κ1) is 20.1. The van der Waals surface area contributed by atoms with E-state index in [0.29, 0.717) is 22.2 Å². The van der Waals surface area contributed by atoms with Crippen LogP contribution in [0.3, 0.4) is 0 Å². The summed E-state index contributed by atoms with van der Waals surface area (Å²) in [7, 11) is 3.05. The highest BCUT2D eigenvalue weighted by Gasteiger charge is 2.39. The van der Waals surface area contributed by atoms with Crippen molar-refractivity contribution in [1.29, 1.82) is 0 Å². The minimum atomic E-state index is -0.899. The van der Waals surface area contributed by atoms with Crippen LogP contribution < -0.4 is 20.1 Å². The summed E-state index contributed by atoms with van der Waals surface area (Å²) >= 11 is 1.47. The van der Waals surface area contributed by atoms with E-state index in [4.69, 9.17) is 9.47 Å². The second kappa shape index (κ2) is 8.31. The Hall–Kier alpha value is -3.14. The lowest BCUT2D eigenvalue weighted by molar-refractivity contribution is -0.130. The fourth-order valence-corrected chi connectivity index (χ4v) is 4.69. The number of anilines is 1. The maximum absolute atomic E-state index is 12.7. The number of urea groups is 1. The molecule has 1 aromatic heterocycles. The molecule has 0 saturated carbocycles. The highest BCUT2D eigenvalue weighted by molar-refractivity contribution is 7.15. The van der Waals surface area contributed by atoms with Crippen LogP contribution in [0, 0.1) is 0 Å². The standard InChI is InChI=1S/C20H22N4O5S/c1-28-14-7-6-11(8-15(14)29-2)10-24-18(26)13(22-20(24)27)9-17(25)23-19-21-12-4-3-5-16(12)30-19/h6-8,13H,3-5,9-10H2,1-2H3,(H,22,27)(H,21,23,25)/t13-/m1/s1. The molecule has 158 valence electrons. The van der Waals surface area contributed by atoms with Gasteiger partial charge in [0.15, 0.2) is 16.6 Å². The van der Waals surface area contributed by atoms with E-state index < -0.39 is 18.0 Å². The average Bonchev–Trinajstić information content (AvgIpc) is 3.38. The van der Waals surface area contributed by atoms with Crippen molar-refractivity contribution in [2.24, 2.45) is 0 Å². The summed E-state index contributed by atoms with van der Waals surface area (Å²) in [6, 6.07) is 3.75. The number of carbonyl (C=O) groups excluding carboxylic acids is 3. The van der Waals surface area contributed by atoms with Crippen LogP contribution in [0.25, 0.3) is 0 Å². The van der Waals surface area contributed by atoms with Gasteiger partial charge in [0, 0.05) is 4.88 Å². The van der Waals surface area contributed by atoms with Gasteiger partial charge in [0.25, 0.3) is 5.91 Å². The van der Waals surface area contributed by atoms with E-state index in [0.717, 1.165) is 29.9 Å². The molecule has 2 N–H and O–H groups in total. The number of aryl methyl sites for hydroxylation is 2. The molecule has 2 heterocycles. The molecule has 1 atom stereocenters. The van der Waals surface area contributed by atoms with Crippen molar-refractivity contribution in [2.75, 3.05) is 19.5 Å². The molecule has 0 radical (unpaired) electrons. The number of imide groups is 1. The maximum Gasteiger partial charge on any atom is 0.325 e. The molecule has 0 unspecified atom stereocenters. The Bertz CT molecular complexity index is 984. The van der Waals surface area contributed by atoms with Crippen LogP contribution in [0.2, 0.25) is 0 Å². The number of hydrogen-bond acceptors (Lipinski definition) is 7. The predicted molar refractivity (Wildman–Crippen MR) is 110 cm³/mol. The Morgan fingerprint density at radius 2 is 2.07 bits per heavy atom. The normalized spacial score (nSPS) is 17.7. The predicted octanol–water partition coefficient (Wildman–Crippen LogP) is 2.10. The summed E-state index contributed by atoms with van der Waals surface area (Å²) in [5.74, 6) is 0.273. The largest absolute Gasteiger partial charge is 0.493 e. The van der Waals surface area contributed by atoms with Crippen molar-refractivity contribution in [1.82, 2.24) is 15.2 Å². The molecule has 2 aromatic rings. The maximum atomic E-state index is 12.7. The number of aromatic nitrogens is 1. The lowest BCUT2D eigenvalue weighted by Gasteiger charge is -2.15. The summed E-state index contributed by atoms with van der Waals surface area (Å²) < 4.78 is 10.5. The van der Waals surface area contributed by atoms with Crippen LogP contribution in [-0.2, 0) is 29.0 Å². The van der Waals surface area contributed by atoms with Crippen LogP contribution in [0.1, 0.15) is 29.0 Å². The van der Waals surface area contributed by atoms with E-state index in [1.54, 1.807) is 18.2 Å². The van der Waals surface area contributed by atoms with Gasteiger partial charge >= 0.3 is 6.03 Å². The zero-order chi connectivity index (χ0) is 21.3. The molecule has 1 fully saturated rings. The smallest absolute Gasteiger partial charge is 0.325 e. The van der Waals surface area contributed by atoms with Gasteiger partial charge in [0.2, 0.25) is 5.91 Å². The molecule has 1 aromatic carbocycles. The molecule has 1 saturated heterocycles. The number of hydrogen-bond donors (Lipinski definition) is 2. The lowest BCUT2D eigenvalue weighted by Crippen LogP contribution is -2.34. The van der Waals surface area contributed by atoms with Gasteiger partial charge in [-0.25, -0.2) is 9.78 Å². The van der Waals surface area contributed by atoms with Crippen LogP contribution in [-0.4, -0.2) is 48.0 Å². The highest BCUT2D eigenvalue weighted by Crippen LogP contribution is 2.31. The van der Waals surface area contributed by atoms with Crippen molar-refractivity contribution >= 4 is 34.3 Å². The van der Waals surface area contributed by atoms with Crippen molar-refractivity contribution in [3.63, 3.8) is 0 Å². The SMILES string of the molecule is COc1ccc(CN2C(=O)N[C@H](CC(=O)Nc3nc4c(s3)CCC4)C2=O)cc1OC. The molecule has 9 nitrogen and oxygen atoms in total. The summed E-state index contributed by atoms with van der Waals surface area (Å²) in [4.78, 5) is 44.1. The molecule has 2 aliphatic rings. The fourth-order valence-electron chi connectivity index (χ4n) is 3.63. The number of carbonyl (C=O) groups is 3. The van der Waals surface area contributed by atoms with Gasteiger partial charge < -0.3 is 20.1 Å². The van der Waals surface area contributed by atoms with E-state index in [2.05, 4.69) is 15.6 Å². The molecule has 1 aliphatic carbocycles. The van der Waals surface area contributed by atoms with Crippen molar-refractivity contribution < 1.29 is 23.9 Å². The number of amides is 4. The van der Waals surface area contributed by atoms with E-state index in [1.807, 2.05) is 0 Å². The summed E-state index contributed by atoms with van der Waals surface area (Å²) in [5.41, 5.74) is 1.75. The first-order chi connectivity index (χ1) is 14.5. The van der Waals surface area contributed by atoms with Crippen molar-refractivity contribution in [3.8, 4) is 11.5 Å². The molecule has 1 aliphatic heterocycles. The molecule has 4 rings (SSSR count). The van der Waals surface area contributed by atoms with Crippen LogP contribution in [0.4, 0.5) is 9.93 Å². The van der Waals surface area contributed by atoms with E-state index in [-0.39, 0.29) is 18.9 Å². The second-order valence-electron chi connectivity index (χ2n) is 7.11. The van der Waals surface area contributed by atoms with Crippen molar-refractivity contribution in [2.45, 2.75) is 38.3 Å². The number of ether oxygens (including phenoxy) is 2. The monoisotopic (exact) mass is 430 g/mol. The molecular weight excluding hydrogens is 408 g/mol. The first-order valence-electron chi connectivity index (χ1n) is 9.59. The van der Waals surface area contributed by atoms with Crippen LogP contribution >= 0.6 is 11.3 Å². The Morgan fingerprint density at radius 3 is 2.80 bits per heavy atom. The third-order valence-electron chi connectivity index (χ3n) is 5.13. The summed E-state index contributed by atoms with van der Waals surface area (Å²) in [6.45, 7) is 0.0718. The van der Waals surface area contributed by atoms with Crippen LogP contribution in [0.15, 0.2) is 18.2 Å². The van der Waals surface area contributed by atoms with Gasteiger partial charge in [0.05, 0.1) is 32.9 Å². The minimum absolute atomic E-state index is 0.0718. The number of methoxy groups -OCH3 is 2. The van der Waals surface area contributed by atoms with Gasteiger partial charge in [-0.2, -0.15) is 0 Å². The Labute approximate surface area is 177 Å². The van der Waals surface area contributed by atoms with Gasteiger partial charge in [-0.3, -0.25) is 14.5 Å². The quantitative estimate of drug-likeness (QED) is 0.651. The van der Waals surface area contributed by atoms with Gasteiger partial charge in [0.1, 0.15) is 6.04 Å². The number of fused-ring (bicyclic) bond motifs is 1. The highest BCUT2D eigenvalue weighted by atomic mass is 32.1. The second-order valence-corrected chi connectivity index (χ2v) is 8.19. The molecular formula is C20H22N4O5S. The van der Waals surface area contributed by atoms with E-state index in [1.165, 1.54) is 30.4 Å². The van der Waals surface area contributed by atoms with Crippen molar-refractivity contribution in [3.05, 3.63) is 34.3 Å². The third kappa shape index (κ3) is 3.95.